The molecule has 1 aromatic heterocycles. The Morgan fingerprint density at radius 2 is 1.86 bits per heavy atom. The minimum absolute atomic E-state index is 0.0424. The summed E-state index contributed by atoms with van der Waals surface area (Å²) >= 11 is 3.35. The standard InChI is InChI=1S/C14H11IN2O2S2/c15-10-3-1-9(2-4-10)8-21(18,19)14-17-12-6-5-11(16)7-13(12)20-14/h1-7H,8,16H2. The van der Waals surface area contributed by atoms with E-state index in [4.69, 9.17) is 5.73 Å². The summed E-state index contributed by atoms with van der Waals surface area (Å²) in [4.78, 5) is 4.21. The lowest BCUT2D eigenvalue weighted by Gasteiger charge is -2.01. The first-order chi connectivity index (χ1) is 9.94. The zero-order valence-electron chi connectivity index (χ0n) is 10.8. The minimum atomic E-state index is -3.44. The van der Waals surface area contributed by atoms with Gasteiger partial charge < -0.3 is 5.73 Å². The van der Waals surface area contributed by atoms with E-state index < -0.39 is 9.84 Å². The van der Waals surface area contributed by atoms with Crippen molar-refractivity contribution in [1.82, 2.24) is 4.98 Å². The number of sulfone groups is 1. The van der Waals surface area contributed by atoms with E-state index in [0.29, 0.717) is 11.2 Å². The molecule has 0 fully saturated rings. The number of thiazole rings is 1. The lowest BCUT2D eigenvalue weighted by molar-refractivity contribution is 0.594. The molecule has 0 unspecified atom stereocenters. The van der Waals surface area contributed by atoms with Crippen molar-refractivity contribution in [3.63, 3.8) is 0 Å². The number of halogens is 1. The molecule has 1 heterocycles. The fraction of sp³-hybridized carbons (Fsp3) is 0.0714. The number of nitrogen functional groups attached to an aromatic ring is 1. The number of benzene rings is 2. The molecule has 3 aromatic rings. The van der Waals surface area contributed by atoms with Gasteiger partial charge in [0.25, 0.3) is 0 Å². The van der Waals surface area contributed by atoms with Crippen LogP contribution in [0.5, 0.6) is 0 Å². The molecule has 21 heavy (non-hydrogen) atoms. The molecule has 0 saturated carbocycles. The monoisotopic (exact) mass is 430 g/mol. The fourth-order valence-electron chi connectivity index (χ4n) is 1.91. The van der Waals surface area contributed by atoms with Crippen molar-refractivity contribution in [2.24, 2.45) is 0 Å². The van der Waals surface area contributed by atoms with Gasteiger partial charge in [-0.3, -0.25) is 0 Å². The quantitative estimate of drug-likeness (QED) is 0.510. The Morgan fingerprint density at radius 1 is 1.14 bits per heavy atom. The first-order valence-electron chi connectivity index (χ1n) is 6.07. The third kappa shape index (κ3) is 3.19. The molecule has 0 atom stereocenters. The summed E-state index contributed by atoms with van der Waals surface area (Å²) in [7, 11) is -3.44. The summed E-state index contributed by atoms with van der Waals surface area (Å²) in [6, 6.07) is 12.6. The topological polar surface area (TPSA) is 73.0 Å². The molecule has 3 rings (SSSR count). The third-order valence-corrected chi connectivity index (χ3v) is 6.81. The molecule has 2 N–H and O–H groups in total. The van der Waals surface area contributed by atoms with Gasteiger partial charge in [-0.05, 0) is 58.5 Å². The maximum atomic E-state index is 12.5. The smallest absolute Gasteiger partial charge is 0.210 e. The molecular formula is C14H11IN2O2S2. The number of nitrogens with zero attached hydrogens (tertiary/aromatic N) is 1. The Balaban J connectivity index is 1.97. The summed E-state index contributed by atoms with van der Waals surface area (Å²) in [5.74, 6) is -0.0424. The molecule has 4 nitrogen and oxygen atoms in total. The average molecular weight is 430 g/mol. The van der Waals surface area contributed by atoms with Gasteiger partial charge >= 0.3 is 0 Å². The molecule has 0 aliphatic heterocycles. The van der Waals surface area contributed by atoms with E-state index in [0.717, 1.165) is 25.2 Å². The van der Waals surface area contributed by atoms with Crippen molar-refractivity contribution in [1.29, 1.82) is 0 Å². The van der Waals surface area contributed by atoms with Gasteiger partial charge in [-0.25, -0.2) is 13.4 Å². The number of hydrogen-bond donors (Lipinski definition) is 1. The van der Waals surface area contributed by atoms with E-state index in [1.165, 1.54) is 0 Å². The number of rotatable bonds is 3. The predicted molar refractivity (Wildman–Crippen MR) is 94.1 cm³/mol. The van der Waals surface area contributed by atoms with Crippen LogP contribution in [-0.4, -0.2) is 13.4 Å². The fourth-order valence-corrected chi connectivity index (χ4v) is 4.97. The van der Waals surface area contributed by atoms with Gasteiger partial charge in [0.1, 0.15) is 0 Å². The van der Waals surface area contributed by atoms with Gasteiger partial charge in [0.05, 0.1) is 16.0 Å². The van der Waals surface area contributed by atoms with Crippen molar-refractivity contribution in [3.05, 3.63) is 51.6 Å². The maximum absolute atomic E-state index is 12.5. The van der Waals surface area contributed by atoms with E-state index in [2.05, 4.69) is 27.6 Å². The van der Waals surface area contributed by atoms with Crippen molar-refractivity contribution in [2.75, 3.05) is 5.73 Å². The first kappa shape index (κ1) is 14.7. The van der Waals surface area contributed by atoms with Gasteiger partial charge in [-0.2, -0.15) is 0 Å². The average Bonchev–Trinajstić information content (AvgIpc) is 2.85. The highest BCUT2D eigenvalue weighted by Gasteiger charge is 2.20. The van der Waals surface area contributed by atoms with Gasteiger partial charge in [0.15, 0.2) is 0 Å². The molecule has 0 radical (unpaired) electrons. The molecular weight excluding hydrogens is 419 g/mol. The first-order valence-corrected chi connectivity index (χ1v) is 9.62. The normalized spacial score (nSPS) is 11.9. The zero-order valence-corrected chi connectivity index (χ0v) is 14.6. The summed E-state index contributed by atoms with van der Waals surface area (Å²) in [6.07, 6.45) is 0. The van der Waals surface area contributed by atoms with Crippen LogP contribution in [0.15, 0.2) is 46.8 Å². The Labute approximate surface area is 140 Å². The van der Waals surface area contributed by atoms with Crippen LogP contribution in [0, 0.1) is 3.57 Å². The molecule has 0 aliphatic carbocycles. The molecule has 0 amide bonds. The van der Waals surface area contributed by atoms with E-state index in [1.54, 1.807) is 18.2 Å². The summed E-state index contributed by atoms with van der Waals surface area (Å²) in [5, 5.41) is 0. The molecule has 108 valence electrons. The Bertz CT molecular complexity index is 902. The molecule has 0 aliphatic rings. The molecule has 2 aromatic carbocycles. The SMILES string of the molecule is Nc1ccc2nc(S(=O)(=O)Cc3ccc(I)cc3)sc2c1. The van der Waals surface area contributed by atoms with Crippen LogP contribution in [0.2, 0.25) is 0 Å². The van der Waals surface area contributed by atoms with E-state index in [-0.39, 0.29) is 10.1 Å². The van der Waals surface area contributed by atoms with Crippen LogP contribution in [0.3, 0.4) is 0 Å². The van der Waals surface area contributed by atoms with E-state index >= 15 is 0 Å². The predicted octanol–water partition coefficient (Wildman–Crippen LogP) is 3.46. The number of fused-ring (bicyclic) bond motifs is 1. The number of nitrogens with two attached hydrogens (primary N) is 1. The second kappa shape index (κ2) is 5.54. The molecule has 7 heteroatoms. The van der Waals surface area contributed by atoms with Gasteiger partial charge in [0, 0.05) is 9.26 Å². The van der Waals surface area contributed by atoms with Gasteiger partial charge in [-0.15, -0.1) is 11.3 Å². The van der Waals surface area contributed by atoms with Crippen molar-refractivity contribution >= 4 is 59.7 Å². The Kier molecular flexibility index (Phi) is 3.89. The van der Waals surface area contributed by atoms with Crippen LogP contribution >= 0.6 is 33.9 Å². The van der Waals surface area contributed by atoms with Crippen LogP contribution < -0.4 is 5.73 Å². The van der Waals surface area contributed by atoms with Crippen molar-refractivity contribution in [2.45, 2.75) is 10.1 Å². The highest BCUT2D eigenvalue weighted by molar-refractivity contribution is 14.1. The summed E-state index contributed by atoms with van der Waals surface area (Å²) in [6.45, 7) is 0. The lowest BCUT2D eigenvalue weighted by Crippen LogP contribution is -2.04. The maximum Gasteiger partial charge on any atom is 0.210 e. The highest BCUT2D eigenvalue weighted by Crippen LogP contribution is 2.29. The second-order valence-electron chi connectivity index (χ2n) is 4.59. The summed E-state index contributed by atoms with van der Waals surface area (Å²) in [5.41, 5.74) is 7.73. The van der Waals surface area contributed by atoms with Gasteiger partial charge in [0.2, 0.25) is 14.2 Å². The van der Waals surface area contributed by atoms with Gasteiger partial charge in [-0.1, -0.05) is 12.1 Å². The van der Waals surface area contributed by atoms with Crippen LogP contribution in [0.4, 0.5) is 5.69 Å². The molecule has 0 saturated heterocycles. The zero-order chi connectivity index (χ0) is 15.0. The number of aromatic nitrogens is 1. The Hall–Kier alpha value is -1.19. The largest absolute Gasteiger partial charge is 0.399 e. The van der Waals surface area contributed by atoms with Crippen LogP contribution in [-0.2, 0) is 15.6 Å². The van der Waals surface area contributed by atoms with Crippen LogP contribution in [0.25, 0.3) is 10.2 Å². The van der Waals surface area contributed by atoms with E-state index in [9.17, 15) is 8.42 Å². The lowest BCUT2D eigenvalue weighted by atomic mass is 10.2. The van der Waals surface area contributed by atoms with E-state index in [1.807, 2.05) is 24.3 Å². The third-order valence-electron chi connectivity index (χ3n) is 2.93. The molecule has 0 bridgehead atoms. The van der Waals surface area contributed by atoms with Crippen molar-refractivity contribution in [3.8, 4) is 0 Å². The Morgan fingerprint density at radius 3 is 2.57 bits per heavy atom. The minimum Gasteiger partial charge on any atom is -0.399 e. The number of hydrogen-bond acceptors (Lipinski definition) is 5. The molecule has 0 spiro atoms. The highest BCUT2D eigenvalue weighted by atomic mass is 127. The van der Waals surface area contributed by atoms with Crippen LogP contribution in [0.1, 0.15) is 5.56 Å². The summed E-state index contributed by atoms with van der Waals surface area (Å²) < 4.78 is 26.9. The number of anilines is 1. The van der Waals surface area contributed by atoms with Crippen molar-refractivity contribution < 1.29 is 8.42 Å². The second-order valence-corrected chi connectivity index (χ2v) is 9.03.